The minimum atomic E-state index is -0.455. The van der Waals surface area contributed by atoms with Crippen LogP contribution in [0.15, 0.2) is 30.3 Å². The Bertz CT molecular complexity index is 393. The Balaban J connectivity index is 1.93. The Labute approximate surface area is 110 Å². The van der Waals surface area contributed by atoms with Crippen LogP contribution in [0.1, 0.15) is 56.9 Å². The summed E-state index contributed by atoms with van der Waals surface area (Å²) < 4.78 is 0. The van der Waals surface area contributed by atoms with E-state index in [1.54, 1.807) is 0 Å². The van der Waals surface area contributed by atoms with Gasteiger partial charge in [0.15, 0.2) is 0 Å². The lowest BCUT2D eigenvalue weighted by atomic mass is 9.58. The number of benzene rings is 1. The zero-order valence-corrected chi connectivity index (χ0v) is 11.3. The van der Waals surface area contributed by atoms with Gasteiger partial charge in [0.1, 0.15) is 0 Å². The lowest BCUT2D eigenvalue weighted by Gasteiger charge is -2.50. The normalized spacial score (nSPS) is 40.2. The third-order valence-electron chi connectivity index (χ3n) is 5.24. The molecule has 2 aliphatic rings. The van der Waals surface area contributed by atoms with Gasteiger partial charge in [-0.1, -0.05) is 49.6 Å². The van der Waals surface area contributed by atoms with Crippen molar-refractivity contribution in [3.63, 3.8) is 0 Å². The molecule has 1 aromatic carbocycles. The molecule has 18 heavy (non-hydrogen) atoms. The summed E-state index contributed by atoms with van der Waals surface area (Å²) in [5.74, 6) is 1.79. The SMILES string of the molecule is C[C@]1(O)CCC[C@H]2CCC[C@@H](c3ccccc3)[C@@H]21. The first-order valence-corrected chi connectivity index (χ1v) is 7.46. The zero-order chi connectivity index (χ0) is 12.6. The summed E-state index contributed by atoms with van der Waals surface area (Å²) in [4.78, 5) is 0. The van der Waals surface area contributed by atoms with E-state index in [9.17, 15) is 5.11 Å². The minimum absolute atomic E-state index is 0.455. The Morgan fingerprint density at radius 1 is 1.06 bits per heavy atom. The summed E-state index contributed by atoms with van der Waals surface area (Å²) in [7, 11) is 0. The number of aliphatic hydroxyl groups is 1. The molecule has 4 atom stereocenters. The summed E-state index contributed by atoms with van der Waals surface area (Å²) >= 11 is 0. The van der Waals surface area contributed by atoms with E-state index in [2.05, 4.69) is 37.3 Å². The first-order chi connectivity index (χ1) is 8.68. The second-order valence-corrected chi connectivity index (χ2v) is 6.48. The molecule has 1 nitrogen and oxygen atoms in total. The molecule has 1 heteroatoms. The summed E-state index contributed by atoms with van der Waals surface area (Å²) in [6, 6.07) is 10.9. The van der Waals surface area contributed by atoms with E-state index < -0.39 is 5.60 Å². The van der Waals surface area contributed by atoms with Gasteiger partial charge in [0.2, 0.25) is 0 Å². The van der Waals surface area contributed by atoms with Crippen LogP contribution in [-0.4, -0.2) is 10.7 Å². The van der Waals surface area contributed by atoms with Crippen molar-refractivity contribution >= 4 is 0 Å². The molecule has 2 fully saturated rings. The summed E-state index contributed by atoms with van der Waals surface area (Å²) in [5.41, 5.74) is 0.985. The molecule has 0 heterocycles. The molecular formula is C17H24O. The molecule has 0 spiro atoms. The Hall–Kier alpha value is -0.820. The van der Waals surface area contributed by atoms with Gasteiger partial charge < -0.3 is 5.11 Å². The van der Waals surface area contributed by atoms with Gasteiger partial charge in [-0.2, -0.15) is 0 Å². The van der Waals surface area contributed by atoms with Crippen molar-refractivity contribution in [3.8, 4) is 0 Å². The van der Waals surface area contributed by atoms with Gasteiger partial charge in [-0.3, -0.25) is 0 Å². The quantitative estimate of drug-likeness (QED) is 0.788. The number of hydrogen-bond donors (Lipinski definition) is 1. The predicted molar refractivity (Wildman–Crippen MR) is 74.5 cm³/mol. The van der Waals surface area contributed by atoms with Crippen LogP contribution in [-0.2, 0) is 0 Å². The second kappa shape index (κ2) is 4.70. The third-order valence-corrected chi connectivity index (χ3v) is 5.24. The van der Waals surface area contributed by atoms with Crippen LogP contribution < -0.4 is 0 Å². The molecule has 0 radical (unpaired) electrons. The van der Waals surface area contributed by atoms with E-state index in [4.69, 9.17) is 0 Å². The van der Waals surface area contributed by atoms with E-state index >= 15 is 0 Å². The molecule has 0 aromatic heterocycles. The fraction of sp³-hybridized carbons (Fsp3) is 0.647. The molecule has 0 bridgehead atoms. The Morgan fingerprint density at radius 2 is 1.78 bits per heavy atom. The highest BCUT2D eigenvalue weighted by atomic mass is 16.3. The van der Waals surface area contributed by atoms with E-state index in [0.29, 0.717) is 11.8 Å². The number of rotatable bonds is 1. The molecule has 0 aliphatic heterocycles. The molecule has 0 amide bonds. The third kappa shape index (κ3) is 2.09. The number of hydrogen-bond acceptors (Lipinski definition) is 1. The largest absolute Gasteiger partial charge is 0.390 e. The van der Waals surface area contributed by atoms with Gasteiger partial charge in [-0.05, 0) is 49.5 Å². The lowest BCUT2D eigenvalue weighted by Crippen LogP contribution is -2.47. The van der Waals surface area contributed by atoms with Crippen LogP contribution >= 0.6 is 0 Å². The fourth-order valence-electron chi connectivity index (χ4n) is 4.52. The Morgan fingerprint density at radius 3 is 2.56 bits per heavy atom. The van der Waals surface area contributed by atoms with Gasteiger partial charge in [0, 0.05) is 0 Å². The van der Waals surface area contributed by atoms with E-state index in [1.165, 1.54) is 37.7 Å². The topological polar surface area (TPSA) is 20.2 Å². The average molecular weight is 244 g/mol. The van der Waals surface area contributed by atoms with Crippen molar-refractivity contribution in [3.05, 3.63) is 35.9 Å². The van der Waals surface area contributed by atoms with E-state index in [1.807, 2.05) is 0 Å². The molecule has 1 N–H and O–H groups in total. The molecule has 0 unspecified atom stereocenters. The molecule has 2 saturated carbocycles. The maximum absolute atomic E-state index is 10.8. The van der Waals surface area contributed by atoms with Gasteiger partial charge in [-0.25, -0.2) is 0 Å². The Kier molecular flexibility index (Phi) is 3.19. The van der Waals surface area contributed by atoms with Crippen molar-refractivity contribution in [2.24, 2.45) is 11.8 Å². The highest BCUT2D eigenvalue weighted by molar-refractivity contribution is 5.23. The smallest absolute Gasteiger partial charge is 0.0656 e. The average Bonchev–Trinajstić information content (AvgIpc) is 2.39. The lowest BCUT2D eigenvalue weighted by molar-refractivity contribution is -0.0838. The van der Waals surface area contributed by atoms with E-state index in [-0.39, 0.29) is 0 Å². The summed E-state index contributed by atoms with van der Waals surface area (Å²) in [6.07, 6.45) is 7.42. The summed E-state index contributed by atoms with van der Waals surface area (Å²) in [6.45, 7) is 2.07. The minimum Gasteiger partial charge on any atom is -0.390 e. The van der Waals surface area contributed by atoms with Gasteiger partial charge >= 0.3 is 0 Å². The van der Waals surface area contributed by atoms with Crippen molar-refractivity contribution in [1.82, 2.24) is 0 Å². The zero-order valence-electron chi connectivity index (χ0n) is 11.3. The van der Waals surface area contributed by atoms with Gasteiger partial charge in [0.25, 0.3) is 0 Å². The molecule has 98 valence electrons. The highest BCUT2D eigenvalue weighted by Gasteiger charge is 2.46. The van der Waals surface area contributed by atoms with Crippen LogP contribution in [0.5, 0.6) is 0 Å². The van der Waals surface area contributed by atoms with Crippen LogP contribution in [0.25, 0.3) is 0 Å². The van der Waals surface area contributed by atoms with Crippen molar-refractivity contribution in [2.75, 3.05) is 0 Å². The maximum atomic E-state index is 10.8. The van der Waals surface area contributed by atoms with Gasteiger partial charge in [-0.15, -0.1) is 0 Å². The van der Waals surface area contributed by atoms with Crippen LogP contribution in [0, 0.1) is 11.8 Å². The van der Waals surface area contributed by atoms with Gasteiger partial charge in [0.05, 0.1) is 5.60 Å². The predicted octanol–water partition coefficient (Wildman–Crippen LogP) is 4.12. The van der Waals surface area contributed by atoms with Crippen molar-refractivity contribution < 1.29 is 5.11 Å². The van der Waals surface area contributed by atoms with E-state index in [0.717, 1.165) is 12.3 Å². The van der Waals surface area contributed by atoms with Crippen LogP contribution in [0.3, 0.4) is 0 Å². The second-order valence-electron chi connectivity index (χ2n) is 6.48. The number of fused-ring (bicyclic) bond motifs is 1. The fourth-order valence-corrected chi connectivity index (χ4v) is 4.52. The van der Waals surface area contributed by atoms with Crippen molar-refractivity contribution in [2.45, 2.75) is 57.0 Å². The molecule has 2 aliphatic carbocycles. The highest BCUT2D eigenvalue weighted by Crippen LogP contribution is 2.52. The monoisotopic (exact) mass is 244 g/mol. The molecular weight excluding hydrogens is 220 g/mol. The maximum Gasteiger partial charge on any atom is 0.0656 e. The standard InChI is InChI=1S/C17H24O/c1-17(18)12-6-10-14-9-5-11-15(16(14)17)13-7-3-2-4-8-13/h2-4,7-8,14-16,18H,5-6,9-12H2,1H3/t14-,15+,16-,17+/m1/s1. The van der Waals surface area contributed by atoms with Crippen molar-refractivity contribution in [1.29, 1.82) is 0 Å². The summed E-state index contributed by atoms with van der Waals surface area (Å²) in [5, 5.41) is 10.8. The first kappa shape index (κ1) is 12.2. The van der Waals surface area contributed by atoms with Crippen LogP contribution in [0.4, 0.5) is 0 Å². The first-order valence-electron chi connectivity index (χ1n) is 7.46. The van der Waals surface area contributed by atoms with Crippen LogP contribution in [0.2, 0.25) is 0 Å². The molecule has 1 aromatic rings. The molecule has 3 rings (SSSR count). The molecule has 0 saturated heterocycles.